The fourth-order valence-corrected chi connectivity index (χ4v) is 5.49. The molecule has 1 saturated heterocycles. The van der Waals surface area contributed by atoms with Gasteiger partial charge >= 0.3 is 6.61 Å². The Morgan fingerprint density at radius 2 is 1.90 bits per heavy atom. The first kappa shape index (κ1) is 20.2. The summed E-state index contributed by atoms with van der Waals surface area (Å²) in [6.07, 6.45) is 2.33. The SMILES string of the molecule is O=C(C1CCN(c2nc3ccccc3s2)CC1)N1CCc2ccc(OC(F)F)cc2C1. The van der Waals surface area contributed by atoms with Gasteiger partial charge in [-0.25, -0.2) is 4.98 Å². The van der Waals surface area contributed by atoms with Crippen LogP contribution in [0.3, 0.4) is 0 Å². The van der Waals surface area contributed by atoms with Gasteiger partial charge in [0.15, 0.2) is 5.13 Å². The summed E-state index contributed by atoms with van der Waals surface area (Å²) in [6, 6.07) is 13.2. The molecule has 0 radical (unpaired) electrons. The van der Waals surface area contributed by atoms with Gasteiger partial charge in [0.1, 0.15) is 5.75 Å². The Bertz CT molecular complexity index is 1060. The molecule has 1 amide bonds. The van der Waals surface area contributed by atoms with Crippen LogP contribution in [-0.2, 0) is 17.8 Å². The van der Waals surface area contributed by atoms with E-state index in [4.69, 9.17) is 4.98 Å². The number of fused-ring (bicyclic) bond motifs is 2. The number of ether oxygens (including phenoxy) is 1. The number of benzene rings is 2. The van der Waals surface area contributed by atoms with E-state index in [1.807, 2.05) is 29.2 Å². The quantitative estimate of drug-likeness (QED) is 0.587. The van der Waals surface area contributed by atoms with Crippen molar-refractivity contribution in [3.05, 3.63) is 53.6 Å². The highest BCUT2D eigenvalue weighted by Gasteiger charge is 2.31. The zero-order chi connectivity index (χ0) is 21.4. The number of rotatable bonds is 4. The van der Waals surface area contributed by atoms with E-state index >= 15 is 0 Å². The number of hydrogen-bond acceptors (Lipinski definition) is 5. The van der Waals surface area contributed by atoms with Gasteiger partial charge in [0.2, 0.25) is 5.91 Å². The van der Waals surface area contributed by atoms with Gasteiger partial charge in [-0.1, -0.05) is 29.5 Å². The number of thiazole rings is 1. The number of piperidine rings is 1. The van der Waals surface area contributed by atoms with Crippen LogP contribution in [-0.4, -0.2) is 42.0 Å². The first-order chi connectivity index (χ1) is 15.1. The van der Waals surface area contributed by atoms with Crippen LogP contribution in [0.1, 0.15) is 24.0 Å². The van der Waals surface area contributed by atoms with Crippen LogP contribution in [0, 0.1) is 5.92 Å². The molecular weight excluding hydrogens is 420 g/mol. The number of aromatic nitrogens is 1. The molecule has 3 aromatic rings. The average Bonchev–Trinajstić information content (AvgIpc) is 3.22. The number of anilines is 1. The lowest BCUT2D eigenvalue weighted by Gasteiger charge is -2.36. The van der Waals surface area contributed by atoms with Crippen molar-refractivity contribution in [2.45, 2.75) is 32.4 Å². The van der Waals surface area contributed by atoms with Crippen LogP contribution in [0.15, 0.2) is 42.5 Å². The summed E-state index contributed by atoms with van der Waals surface area (Å²) in [5.41, 5.74) is 3.00. The maximum atomic E-state index is 13.2. The molecule has 2 aliphatic heterocycles. The molecule has 8 heteroatoms. The van der Waals surface area contributed by atoms with Gasteiger partial charge in [0.05, 0.1) is 10.2 Å². The number of amides is 1. The van der Waals surface area contributed by atoms with Crippen molar-refractivity contribution in [1.29, 1.82) is 0 Å². The van der Waals surface area contributed by atoms with E-state index < -0.39 is 6.61 Å². The van der Waals surface area contributed by atoms with Crippen LogP contribution >= 0.6 is 11.3 Å². The van der Waals surface area contributed by atoms with Gasteiger partial charge in [-0.05, 0) is 54.7 Å². The first-order valence-electron chi connectivity index (χ1n) is 10.5. The Hall–Kier alpha value is -2.74. The summed E-state index contributed by atoms with van der Waals surface area (Å²) in [7, 11) is 0. The van der Waals surface area contributed by atoms with Crippen molar-refractivity contribution in [3.63, 3.8) is 0 Å². The fraction of sp³-hybridized carbons (Fsp3) is 0.391. The molecule has 3 heterocycles. The van der Waals surface area contributed by atoms with Crippen molar-refractivity contribution in [1.82, 2.24) is 9.88 Å². The Morgan fingerprint density at radius 3 is 2.68 bits per heavy atom. The lowest BCUT2D eigenvalue weighted by Crippen LogP contribution is -2.44. The molecule has 31 heavy (non-hydrogen) atoms. The molecule has 0 spiro atoms. The number of carbonyl (C=O) groups is 1. The Labute approximate surface area is 183 Å². The molecule has 0 aliphatic carbocycles. The van der Waals surface area contributed by atoms with E-state index in [1.165, 1.54) is 4.70 Å². The van der Waals surface area contributed by atoms with Crippen LogP contribution in [0.5, 0.6) is 5.75 Å². The average molecular weight is 444 g/mol. The van der Waals surface area contributed by atoms with Gasteiger partial charge in [-0.3, -0.25) is 4.79 Å². The molecule has 1 fully saturated rings. The highest BCUT2D eigenvalue weighted by atomic mass is 32.1. The van der Waals surface area contributed by atoms with E-state index in [2.05, 4.69) is 15.7 Å². The smallest absolute Gasteiger partial charge is 0.387 e. The van der Waals surface area contributed by atoms with Crippen molar-refractivity contribution < 1.29 is 18.3 Å². The standard InChI is InChI=1S/C23H23F2N3O2S/c24-22(25)30-18-6-5-15-7-12-28(14-17(15)13-18)21(29)16-8-10-27(11-9-16)23-26-19-3-1-2-4-20(19)31-23/h1-6,13,16,22H,7-12,14H2. The molecule has 2 aliphatic rings. The third kappa shape index (κ3) is 4.21. The number of alkyl halides is 2. The molecular formula is C23H23F2N3O2S. The van der Waals surface area contributed by atoms with Gasteiger partial charge in [0, 0.05) is 32.1 Å². The minimum Gasteiger partial charge on any atom is -0.435 e. The molecule has 0 saturated carbocycles. The summed E-state index contributed by atoms with van der Waals surface area (Å²) in [5.74, 6) is 0.301. The zero-order valence-corrected chi connectivity index (χ0v) is 17.8. The molecule has 162 valence electrons. The Kier molecular flexibility index (Phi) is 5.48. The highest BCUT2D eigenvalue weighted by Crippen LogP contribution is 2.32. The number of carbonyl (C=O) groups excluding carboxylic acids is 1. The summed E-state index contributed by atoms with van der Waals surface area (Å²) < 4.78 is 30.7. The second kappa shape index (κ2) is 8.42. The van der Waals surface area contributed by atoms with E-state index in [9.17, 15) is 13.6 Å². The number of para-hydroxylation sites is 1. The van der Waals surface area contributed by atoms with E-state index in [0.29, 0.717) is 13.1 Å². The van der Waals surface area contributed by atoms with Gasteiger partial charge in [-0.2, -0.15) is 8.78 Å². The normalized spacial score (nSPS) is 17.3. The summed E-state index contributed by atoms with van der Waals surface area (Å²) in [4.78, 5) is 22.0. The van der Waals surface area contributed by atoms with E-state index in [0.717, 1.165) is 54.1 Å². The van der Waals surface area contributed by atoms with Crippen LogP contribution in [0.2, 0.25) is 0 Å². The van der Waals surface area contributed by atoms with Crippen LogP contribution < -0.4 is 9.64 Å². The molecule has 0 unspecified atom stereocenters. The van der Waals surface area contributed by atoms with Gasteiger partial charge in [0.25, 0.3) is 0 Å². The molecule has 0 bridgehead atoms. The first-order valence-corrected chi connectivity index (χ1v) is 11.3. The predicted molar refractivity (Wildman–Crippen MR) is 117 cm³/mol. The Morgan fingerprint density at radius 1 is 1.10 bits per heavy atom. The van der Waals surface area contributed by atoms with Crippen molar-refractivity contribution in [3.8, 4) is 5.75 Å². The third-order valence-electron chi connectivity index (χ3n) is 6.12. The van der Waals surface area contributed by atoms with Gasteiger partial charge in [-0.15, -0.1) is 0 Å². The van der Waals surface area contributed by atoms with Crippen molar-refractivity contribution >= 4 is 32.6 Å². The maximum Gasteiger partial charge on any atom is 0.387 e. The minimum absolute atomic E-state index is 0.00678. The topological polar surface area (TPSA) is 45.7 Å². The number of halogens is 2. The van der Waals surface area contributed by atoms with E-state index in [1.54, 1.807) is 23.5 Å². The molecule has 1 aromatic heterocycles. The number of hydrogen-bond donors (Lipinski definition) is 0. The minimum atomic E-state index is -2.85. The van der Waals surface area contributed by atoms with Crippen molar-refractivity contribution in [2.75, 3.05) is 24.5 Å². The number of nitrogens with zero attached hydrogens (tertiary/aromatic N) is 3. The molecule has 2 aromatic carbocycles. The zero-order valence-electron chi connectivity index (χ0n) is 17.0. The van der Waals surface area contributed by atoms with Crippen LogP contribution in [0.4, 0.5) is 13.9 Å². The monoisotopic (exact) mass is 443 g/mol. The highest BCUT2D eigenvalue weighted by molar-refractivity contribution is 7.22. The fourth-order valence-electron chi connectivity index (χ4n) is 4.47. The predicted octanol–water partition coefficient (Wildman–Crippen LogP) is 4.70. The van der Waals surface area contributed by atoms with Gasteiger partial charge < -0.3 is 14.5 Å². The molecule has 0 N–H and O–H groups in total. The second-order valence-electron chi connectivity index (χ2n) is 8.04. The third-order valence-corrected chi connectivity index (χ3v) is 7.22. The largest absolute Gasteiger partial charge is 0.435 e. The lowest BCUT2D eigenvalue weighted by molar-refractivity contribution is -0.137. The second-order valence-corrected chi connectivity index (χ2v) is 9.05. The summed E-state index contributed by atoms with van der Waals surface area (Å²) >= 11 is 1.69. The maximum absolute atomic E-state index is 13.2. The summed E-state index contributed by atoms with van der Waals surface area (Å²) in [6.45, 7) is -0.105. The lowest BCUT2D eigenvalue weighted by atomic mass is 9.93. The van der Waals surface area contributed by atoms with E-state index in [-0.39, 0.29) is 17.6 Å². The summed E-state index contributed by atoms with van der Waals surface area (Å²) in [5, 5.41) is 1.02. The molecule has 5 rings (SSSR count). The molecule has 0 atom stereocenters. The Balaban J connectivity index is 1.22. The molecule has 5 nitrogen and oxygen atoms in total. The van der Waals surface area contributed by atoms with Crippen LogP contribution in [0.25, 0.3) is 10.2 Å². The van der Waals surface area contributed by atoms with Crippen molar-refractivity contribution in [2.24, 2.45) is 5.92 Å².